The monoisotopic (exact) mass is 383 g/mol. The van der Waals surface area contributed by atoms with Crippen LogP contribution in [0.15, 0.2) is 42.5 Å². The number of ether oxygens (including phenoxy) is 2. The Bertz CT molecular complexity index is 894. The molecule has 0 aliphatic carbocycles. The number of fused-ring (bicyclic) bond motifs is 1. The summed E-state index contributed by atoms with van der Waals surface area (Å²) in [5, 5.41) is 11.3. The van der Waals surface area contributed by atoms with E-state index in [-0.39, 0.29) is 12.2 Å². The van der Waals surface area contributed by atoms with Gasteiger partial charge in [0.2, 0.25) is 0 Å². The molecule has 1 atom stereocenters. The number of Topliss-reactive ketones (excluding diaryl/α,β-unsaturated/α-hetero) is 1. The molecule has 148 valence electrons. The number of para-hydroxylation sites is 1. The molecule has 2 aromatic rings. The number of hydrogen-bond donors (Lipinski definition) is 1. The topological polar surface area (TPSA) is 76.1 Å². The van der Waals surface area contributed by atoms with E-state index in [2.05, 4.69) is 0 Å². The van der Waals surface area contributed by atoms with Crippen molar-refractivity contribution in [2.45, 2.75) is 31.8 Å². The summed E-state index contributed by atoms with van der Waals surface area (Å²) in [6.07, 6.45) is 1.39. The van der Waals surface area contributed by atoms with Crippen molar-refractivity contribution in [3.63, 3.8) is 0 Å². The number of benzene rings is 2. The largest absolute Gasteiger partial charge is 0.497 e. The van der Waals surface area contributed by atoms with Gasteiger partial charge in [-0.15, -0.1) is 0 Å². The Labute approximate surface area is 164 Å². The molecular formula is C22H25NO5. The highest BCUT2D eigenvalue weighted by molar-refractivity contribution is 6.11. The number of ketones is 1. The van der Waals surface area contributed by atoms with E-state index in [9.17, 15) is 14.7 Å². The lowest BCUT2D eigenvalue weighted by Gasteiger charge is -2.23. The van der Waals surface area contributed by atoms with Crippen molar-refractivity contribution in [1.82, 2.24) is 0 Å². The van der Waals surface area contributed by atoms with Crippen LogP contribution in [0.4, 0.5) is 5.69 Å². The van der Waals surface area contributed by atoms with Crippen molar-refractivity contribution in [2.24, 2.45) is 0 Å². The number of unbranched alkanes of at least 4 members (excludes halogenated alkanes) is 1. The maximum absolute atomic E-state index is 13.1. The highest BCUT2D eigenvalue weighted by atomic mass is 16.5. The smallest absolute Gasteiger partial charge is 0.264 e. The molecule has 1 N–H and O–H groups in total. The average Bonchev–Trinajstić information content (AvgIpc) is 2.93. The molecule has 0 saturated heterocycles. The second-order valence-corrected chi connectivity index (χ2v) is 6.85. The highest BCUT2D eigenvalue weighted by Crippen LogP contribution is 2.43. The van der Waals surface area contributed by atoms with Gasteiger partial charge < -0.3 is 19.5 Å². The summed E-state index contributed by atoms with van der Waals surface area (Å²) in [6.45, 7) is 2.55. The van der Waals surface area contributed by atoms with E-state index >= 15 is 0 Å². The van der Waals surface area contributed by atoms with E-state index in [0.29, 0.717) is 34.9 Å². The SMILES string of the molecule is CCCCN1C(=O)[C@](O)(CC(=O)c2ccc(OC)cc2OC)c2ccccc21. The summed E-state index contributed by atoms with van der Waals surface area (Å²) in [4.78, 5) is 27.7. The van der Waals surface area contributed by atoms with Crippen LogP contribution in [0, 0.1) is 0 Å². The molecule has 1 aliphatic rings. The van der Waals surface area contributed by atoms with Crippen molar-refractivity contribution in [2.75, 3.05) is 25.7 Å². The number of anilines is 1. The Morgan fingerprint density at radius 3 is 2.57 bits per heavy atom. The van der Waals surface area contributed by atoms with Gasteiger partial charge in [0.05, 0.1) is 31.9 Å². The second-order valence-electron chi connectivity index (χ2n) is 6.85. The minimum Gasteiger partial charge on any atom is -0.497 e. The van der Waals surface area contributed by atoms with Gasteiger partial charge in [-0.05, 0) is 24.6 Å². The lowest BCUT2D eigenvalue weighted by atomic mass is 9.88. The molecule has 0 saturated carbocycles. The number of amides is 1. The van der Waals surface area contributed by atoms with Crippen LogP contribution in [-0.4, -0.2) is 37.6 Å². The first-order chi connectivity index (χ1) is 13.5. The molecule has 0 unspecified atom stereocenters. The fourth-order valence-corrected chi connectivity index (χ4v) is 3.57. The number of hydrogen-bond acceptors (Lipinski definition) is 5. The van der Waals surface area contributed by atoms with Crippen molar-refractivity contribution >= 4 is 17.4 Å². The Kier molecular flexibility index (Phi) is 5.70. The predicted octanol–water partition coefficient (Wildman–Crippen LogP) is 3.31. The zero-order chi connectivity index (χ0) is 20.3. The first-order valence-corrected chi connectivity index (χ1v) is 9.35. The number of carbonyl (C=O) groups excluding carboxylic acids is 2. The molecule has 1 heterocycles. The van der Waals surface area contributed by atoms with Crippen LogP contribution in [0.1, 0.15) is 42.1 Å². The van der Waals surface area contributed by atoms with Crippen LogP contribution in [0.2, 0.25) is 0 Å². The molecule has 0 spiro atoms. The van der Waals surface area contributed by atoms with Crippen LogP contribution in [-0.2, 0) is 10.4 Å². The number of methoxy groups -OCH3 is 2. The number of carbonyl (C=O) groups is 2. The Balaban J connectivity index is 1.95. The molecule has 28 heavy (non-hydrogen) atoms. The molecule has 1 amide bonds. The summed E-state index contributed by atoms with van der Waals surface area (Å²) >= 11 is 0. The number of nitrogens with zero attached hydrogens (tertiary/aromatic N) is 1. The van der Waals surface area contributed by atoms with Crippen LogP contribution in [0.25, 0.3) is 0 Å². The number of rotatable bonds is 8. The van der Waals surface area contributed by atoms with E-state index in [1.54, 1.807) is 41.3 Å². The van der Waals surface area contributed by atoms with E-state index in [0.717, 1.165) is 12.8 Å². The van der Waals surface area contributed by atoms with Crippen molar-refractivity contribution in [1.29, 1.82) is 0 Å². The maximum atomic E-state index is 13.1. The van der Waals surface area contributed by atoms with Crippen LogP contribution in [0.5, 0.6) is 11.5 Å². The lowest BCUT2D eigenvalue weighted by molar-refractivity contribution is -0.135. The molecule has 1 aliphatic heterocycles. The Morgan fingerprint density at radius 2 is 1.89 bits per heavy atom. The minimum absolute atomic E-state index is 0.300. The summed E-state index contributed by atoms with van der Waals surface area (Å²) in [6, 6.07) is 11.9. The van der Waals surface area contributed by atoms with Gasteiger partial charge >= 0.3 is 0 Å². The minimum atomic E-state index is -1.88. The van der Waals surface area contributed by atoms with Gasteiger partial charge in [-0.1, -0.05) is 31.5 Å². The summed E-state index contributed by atoms with van der Waals surface area (Å²) in [5.41, 5.74) is -0.448. The first-order valence-electron chi connectivity index (χ1n) is 9.35. The third kappa shape index (κ3) is 3.36. The Morgan fingerprint density at radius 1 is 1.14 bits per heavy atom. The summed E-state index contributed by atoms with van der Waals surface area (Å²) in [5.74, 6) is 0.0696. The standard InChI is InChI=1S/C22H25NO5/c1-4-5-12-23-18-9-7-6-8-17(18)22(26,21(23)25)14-19(24)16-11-10-15(27-2)13-20(16)28-3/h6-11,13,26H,4-5,12,14H2,1-3H3/t22-/m0/s1. The number of aliphatic hydroxyl groups is 1. The van der Waals surface area contributed by atoms with E-state index in [4.69, 9.17) is 9.47 Å². The quantitative estimate of drug-likeness (QED) is 0.708. The van der Waals surface area contributed by atoms with Crippen LogP contribution >= 0.6 is 0 Å². The van der Waals surface area contributed by atoms with Gasteiger partial charge in [0.25, 0.3) is 5.91 Å². The summed E-state index contributed by atoms with van der Waals surface area (Å²) < 4.78 is 10.5. The van der Waals surface area contributed by atoms with Crippen molar-refractivity contribution in [3.05, 3.63) is 53.6 Å². The molecule has 3 rings (SSSR count). The normalized spacial score (nSPS) is 18.1. The second kappa shape index (κ2) is 8.02. The first kappa shape index (κ1) is 19.9. The van der Waals surface area contributed by atoms with Crippen LogP contribution in [0.3, 0.4) is 0 Å². The van der Waals surface area contributed by atoms with E-state index in [1.807, 2.05) is 13.0 Å². The molecule has 0 bridgehead atoms. The Hall–Kier alpha value is -2.86. The predicted molar refractivity (Wildman–Crippen MR) is 106 cm³/mol. The van der Waals surface area contributed by atoms with Crippen LogP contribution < -0.4 is 14.4 Å². The average molecular weight is 383 g/mol. The van der Waals surface area contributed by atoms with Crippen molar-refractivity contribution in [3.8, 4) is 11.5 Å². The molecule has 0 aromatic heterocycles. The zero-order valence-corrected chi connectivity index (χ0v) is 16.4. The van der Waals surface area contributed by atoms with Gasteiger partial charge in [-0.3, -0.25) is 9.59 Å². The molecular weight excluding hydrogens is 358 g/mol. The van der Waals surface area contributed by atoms with E-state index < -0.39 is 11.5 Å². The van der Waals surface area contributed by atoms with Gasteiger partial charge in [0, 0.05) is 18.2 Å². The van der Waals surface area contributed by atoms with Gasteiger partial charge in [0.1, 0.15) is 11.5 Å². The maximum Gasteiger partial charge on any atom is 0.264 e. The van der Waals surface area contributed by atoms with Gasteiger partial charge in [-0.2, -0.15) is 0 Å². The molecule has 2 aromatic carbocycles. The fourth-order valence-electron chi connectivity index (χ4n) is 3.57. The molecule has 0 fully saturated rings. The van der Waals surface area contributed by atoms with Gasteiger partial charge in [-0.25, -0.2) is 0 Å². The summed E-state index contributed by atoms with van der Waals surface area (Å²) in [7, 11) is 2.99. The molecule has 6 heteroatoms. The molecule has 0 radical (unpaired) electrons. The lowest BCUT2D eigenvalue weighted by Crippen LogP contribution is -2.42. The van der Waals surface area contributed by atoms with Gasteiger partial charge in [0.15, 0.2) is 11.4 Å². The third-order valence-electron chi connectivity index (χ3n) is 5.10. The molecule has 6 nitrogen and oxygen atoms in total. The van der Waals surface area contributed by atoms with Crippen molar-refractivity contribution < 1.29 is 24.2 Å². The fraction of sp³-hybridized carbons (Fsp3) is 0.364. The third-order valence-corrected chi connectivity index (χ3v) is 5.10. The van der Waals surface area contributed by atoms with E-state index in [1.165, 1.54) is 14.2 Å². The zero-order valence-electron chi connectivity index (χ0n) is 16.4. The highest BCUT2D eigenvalue weighted by Gasteiger charge is 2.50.